The van der Waals surface area contributed by atoms with E-state index in [0.717, 1.165) is 22.6 Å². The van der Waals surface area contributed by atoms with Crippen molar-refractivity contribution < 1.29 is 14.3 Å². The number of aromatic nitrogens is 3. The van der Waals surface area contributed by atoms with Crippen LogP contribution in [0.15, 0.2) is 6.20 Å². The molecule has 2 rings (SSSR count). The van der Waals surface area contributed by atoms with Gasteiger partial charge in [0.2, 0.25) is 5.91 Å². The van der Waals surface area contributed by atoms with Crippen molar-refractivity contribution in [2.24, 2.45) is 7.05 Å². The number of hydrogen-bond acceptors (Lipinski definition) is 7. The van der Waals surface area contributed by atoms with Crippen molar-refractivity contribution in [3.8, 4) is 0 Å². The van der Waals surface area contributed by atoms with Gasteiger partial charge in [0.1, 0.15) is 4.88 Å². The lowest BCUT2D eigenvalue weighted by atomic mass is 10.2. The highest BCUT2D eigenvalue weighted by atomic mass is 32.1. The van der Waals surface area contributed by atoms with Crippen LogP contribution in [0.1, 0.15) is 33.5 Å². The van der Waals surface area contributed by atoms with Gasteiger partial charge in [-0.1, -0.05) is 11.3 Å². The molecular formula is C16H23N5O3S. The van der Waals surface area contributed by atoms with Gasteiger partial charge < -0.3 is 10.1 Å². The van der Waals surface area contributed by atoms with E-state index < -0.39 is 5.97 Å². The van der Waals surface area contributed by atoms with Crippen LogP contribution in [-0.4, -0.2) is 51.7 Å². The Bertz CT molecular complexity index is 768. The second-order valence-electron chi connectivity index (χ2n) is 5.79. The molecule has 8 nitrogen and oxygen atoms in total. The van der Waals surface area contributed by atoms with Gasteiger partial charge in [-0.05, 0) is 27.8 Å². The Labute approximate surface area is 150 Å². The molecule has 0 saturated carbocycles. The lowest BCUT2D eigenvalue weighted by Gasteiger charge is -2.15. The van der Waals surface area contributed by atoms with Crippen LogP contribution in [0.5, 0.6) is 0 Å². The smallest absolute Gasteiger partial charge is 0.350 e. The number of thiazole rings is 1. The van der Waals surface area contributed by atoms with Gasteiger partial charge in [0.25, 0.3) is 0 Å². The van der Waals surface area contributed by atoms with Crippen LogP contribution in [-0.2, 0) is 23.1 Å². The number of nitrogens with zero attached hydrogens (tertiary/aromatic N) is 4. The summed E-state index contributed by atoms with van der Waals surface area (Å²) >= 11 is 1.12. The van der Waals surface area contributed by atoms with Crippen molar-refractivity contribution in [3.63, 3.8) is 0 Å². The third-order valence-electron chi connectivity index (χ3n) is 3.47. The van der Waals surface area contributed by atoms with E-state index in [1.165, 1.54) is 0 Å². The number of carbonyl (C=O) groups excluding carboxylic acids is 2. The first-order valence-electron chi connectivity index (χ1n) is 7.92. The van der Waals surface area contributed by atoms with E-state index in [4.69, 9.17) is 4.74 Å². The fourth-order valence-electron chi connectivity index (χ4n) is 2.39. The third-order valence-corrected chi connectivity index (χ3v) is 4.53. The summed E-state index contributed by atoms with van der Waals surface area (Å²) in [6.45, 7) is 6.54. The molecular weight excluding hydrogens is 342 g/mol. The van der Waals surface area contributed by atoms with Gasteiger partial charge in [-0.25, -0.2) is 9.78 Å². The summed E-state index contributed by atoms with van der Waals surface area (Å²) < 4.78 is 6.73. The van der Waals surface area contributed by atoms with Gasteiger partial charge in [0.15, 0.2) is 5.13 Å². The number of anilines is 1. The number of esters is 1. The van der Waals surface area contributed by atoms with Gasteiger partial charge in [0.05, 0.1) is 24.5 Å². The van der Waals surface area contributed by atoms with Crippen molar-refractivity contribution >= 4 is 28.3 Å². The summed E-state index contributed by atoms with van der Waals surface area (Å²) in [6, 6.07) is 0. The number of rotatable bonds is 7. The maximum atomic E-state index is 12.2. The number of likely N-dealkylation sites (N-methyl/N-ethyl adjacent to an activating group) is 1. The van der Waals surface area contributed by atoms with Gasteiger partial charge >= 0.3 is 5.97 Å². The predicted octanol–water partition coefficient (Wildman–Crippen LogP) is 1.74. The fourth-order valence-corrected chi connectivity index (χ4v) is 3.27. The molecule has 0 spiro atoms. The highest BCUT2D eigenvalue weighted by Crippen LogP contribution is 2.23. The van der Waals surface area contributed by atoms with E-state index in [1.54, 1.807) is 18.5 Å². The number of amides is 1. The van der Waals surface area contributed by atoms with Crippen LogP contribution in [0.2, 0.25) is 0 Å². The molecule has 0 atom stereocenters. The number of hydrogen-bond donors (Lipinski definition) is 1. The molecule has 0 aliphatic carbocycles. The Morgan fingerprint density at radius 1 is 1.36 bits per heavy atom. The van der Waals surface area contributed by atoms with E-state index in [-0.39, 0.29) is 12.5 Å². The van der Waals surface area contributed by atoms with Crippen molar-refractivity contribution in [2.75, 3.05) is 25.5 Å². The van der Waals surface area contributed by atoms with Crippen LogP contribution < -0.4 is 5.32 Å². The van der Waals surface area contributed by atoms with E-state index in [1.807, 2.05) is 32.1 Å². The van der Waals surface area contributed by atoms with Gasteiger partial charge in [-0.3, -0.25) is 14.4 Å². The molecule has 0 fully saturated rings. The Hall–Kier alpha value is -2.26. The minimum Gasteiger partial charge on any atom is -0.462 e. The number of carbonyl (C=O) groups is 2. The Balaban J connectivity index is 1.92. The van der Waals surface area contributed by atoms with Crippen molar-refractivity contribution in [3.05, 3.63) is 28.0 Å². The summed E-state index contributed by atoms with van der Waals surface area (Å²) in [5.41, 5.74) is 2.58. The molecule has 0 aliphatic rings. The van der Waals surface area contributed by atoms with Crippen molar-refractivity contribution in [1.82, 2.24) is 19.7 Å². The summed E-state index contributed by atoms with van der Waals surface area (Å²) in [7, 11) is 3.73. The molecule has 136 valence electrons. The van der Waals surface area contributed by atoms with Crippen molar-refractivity contribution in [2.45, 2.75) is 27.3 Å². The molecule has 25 heavy (non-hydrogen) atoms. The molecule has 9 heteroatoms. The first kappa shape index (κ1) is 19.1. The monoisotopic (exact) mass is 365 g/mol. The van der Waals surface area contributed by atoms with Crippen LogP contribution in [0.4, 0.5) is 5.13 Å². The van der Waals surface area contributed by atoms with E-state index in [0.29, 0.717) is 28.9 Å². The largest absolute Gasteiger partial charge is 0.462 e. The molecule has 2 heterocycles. The molecule has 2 aromatic rings. The average Bonchev–Trinajstić information content (AvgIpc) is 3.01. The summed E-state index contributed by atoms with van der Waals surface area (Å²) in [4.78, 5) is 30.5. The minimum absolute atomic E-state index is 0.187. The lowest BCUT2D eigenvalue weighted by Crippen LogP contribution is -2.29. The first-order chi connectivity index (χ1) is 11.8. The molecule has 0 saturated heterocycles. The molecule has 0 radical (unpaired) electrons. The zero-order valence-corrected chi connectivity index (χ0v) is 15.9. The topological polar surface area (TPSA) is 89.4 Å². The highest BCUT2D eigenvalue weighted by molar-refractivity contribution is 7.17. The Kier molecular flexibility index (Phi) is 6.27. The Morgan fingerprint density at radius 2 is 2.08 bits per heavy atom. The Morgan fingerprint density at radius 3 is 2.68 bits per heavy atom. The SMILES string of the molecule is CCOC(=O)c1sc(NC(=O)CN(C)Cc2cn(C)nc2C)nc1C. The van der Waals surface area contributed by atoms with Crippen molar-refractivity contribution in [1.29, 1.82) is 0 Å². The van der Waals surface area contributed by atoms with E-state index in [2.05, 4.69) is 15.4 Å². The van der Waals surface area contributed by atoms with Crippen LogP contribution in [0.3, 0.4) is 0 Å². The second kappa shape index (κ2) is 8.21. The van der Waals surface area contributed by atoms with Crippen LogP contribution in [0, 0.1) is 13.8 Å². The zero-order chi connectivity index (χ0) is 18.6. The van der Waals surface area contributed by atoms with Crippen LogP contribution in [0.25, 0.3) is 0 Å². The molecule has 0 aromatic carbocycles. The molecule has 1 N–H and O–H groups in total. The minimum atomic E-state index is -0.415. The molecule has 1 amide bonds. The summed E-state index contributed by atoms with van der Waals surface area (Å²) in [6.07, 6.45) is 1.94. The second-order valence-corrected chi connectivity index (χ2v) is 6.79. The average molecular weight is 365 g/mol. The van der Waals surface area contributed by atoms with Gasteiger partial charge in [-0.15, -0.1) is 0 Å². The number of aryl methyl sites for hydroxylation is 3. The van der Waals surface area contributed by atoms with Gasteiger partial charge in [-0.2, -0.15) is 5.10 Å². The maximum absolute atomic E-state index is 12.2. The fraction of sp³-hybridized carbons (Fsp3) is 0.500. The number of ether oxygens (including phenoxy) is 1. The van der Waals surface area contributed by atoms with E-state index >= 15 is 0 Å². The predicted molar refractivity (Wildman–Crippen MR) is 95.7 cm³/mol. The molecule has 2 aromatic heterocycles. The quantitative estimate of drug-likeness (QED) is 0.752. The summed E-state index contributed by atoms with van der Waals surface area (Å²) in [5, 5.41) is 7.43. The zero-order valence-electron chi connectivity index (χ0n) is 15.1. The normalized spacial score (nSPS) is 11.0. The lowest BCUT2D eigenvalue weighted by molar-refractivity contribution is -0.117. The maximum Gasteiger partial charge on any atom is 0.350 e. The third kappa shape index (κ3) is 5.10. The molecule has 0 bridgehead atoms. The molecule has 0 aliphatic heterocycles. The van der Waals surface area contributed by atoms with Crippen LogP contribution >= 0.6 is 11.3 Å². The summed E-state index contributed by atoms with van der Waals surface area (Å²) in [5.74, 6) is -0.602. The number of nitrogens with one attached hydrogen (secondary N) is 1. The highest BCUT2D eigenvalue weighted by Gasteiger charge is 2.18. The molecule has 0 unspecified atom stereocenters. The first-order valence-corrected chi connectivity index (χ1v) is 8.73. The standard InChI is InChI=1S/C16H23N5O3S/c1-6-24-15(23)14-11(3)17-16(25-14)18-13(22)9-20(4)7-12-8-21(5)19-10(12)2/h8H,6-7,9H2,1-5H3,(H,17,18,22). The van der Waals surface area contributed by atoms with Gasteiger partial charge in [0, 0.05) is 25.4 Å². The van der Waals surface area contributed by atoms with E-state index in [9.17, 15) is 9.59 Å².